The van der Waals surface area contributed by atoms with Crippen LogP contribution in [0.25, 0.3) is 0 Å². The van der Waals surface area contributed by atoms with Crippen molar-refractivity contribution in [3.8, 4) is 6.19 Å². The molecular weight excluding hydrogens is 136 g/mol. The summed E-state index contributed by atoms with van der Waals surface area (Å²) in [4.78, 5) is 0. The Bertz CT molecular complexity index is 194. The zero-order valence-corrected chi connectivity index (χ0v) is 5.60. The first kappa shape index (κ1) is 6.30. The monoisotopic (exact) mass is 142 g/mol. The van der Waals surface area contributed by atoms with E-state index in [9.17, 15) is 4.21 Å². The second-order valence-corrected chi connectivity index (χ2v) is 3.04. The second-order valence-electron chi connectivity index (χ2n) is 1.62. The first-order chi connectivity index (χ1) is 4.34. The van der Waals surface area contributed by atoms with E-state index in [1.165, 1.54) is 4.31 Å². The Labute approximate surface area is 56.2 Å². The minimum Gasteiger partial charge on any atom is -0.236 e. The molecule has 1 aliphatic rings. The van der Waals surface area contributed by atoms with E-state index in [1.807, 2.05) is 18.3 Å². The molecular formula is C5H6N2OS. The van der Waals surface area contributed by atoms with Crippen LogP contribution in [0.15, 0.2) is 12.2 Å². The van der Waals surface area contributed by atoms with Gasteiger partial charge in [-0.1, -0.05) is 12.2 Å². The Morgan fingerprint density at radius 2 is 2.44 bits per heavy atom. The van der Waals surface area contributed by atoms with Gasteiger partial charge < -0.3 is 0 Å². The van der Waals surface area contributed by atoms with E-state index in [0.717, 1.165) is 0 Å². The van der Waals surface area contributed by atoms with Crippen LogP contribution >= 0.6 is 0 Å². The minimum atomic E-state index is -1.09. The van der Waals surface area contributed by atoms with Crippen LogP contribution in [-0.2, 0) is 11.0 Å². The molecule has 0 amide bonds. The molecule has 0 fully saturated rings. The van der Waals surface area contributed by atoms with Crippen molar-refractivity contribution in [3.05, 3.63) is 12.2 Å². The van der Waals surface area contributed by atoms with Gasteiger partial charge in [0, 0.05) is 0 Å². The fourth-order valence-corrected chi connectivity index (χ4v) is 1.40. The summed E-state index contributed by atoms with van der Waals surface area (Å²) in [5.74, 6) is 0.480. The van der Waals surface area contributed by atoms with E-state index in [4.69, 9.17) is 5.26 Å². The lowest BCUT2D eigenvalue weighted by Gasteiger charge is -2.13. The highest BCUT2D eigenvalue weighted by Gasteiger charge is 2.10. The summed E-state index contributed by atoms with van der Waals surface area (Å²) in [6.07, 6.45) is 5.50. The van der Waals surface area contributed by atoms with E-state index in [-0.39, 0.29) is 0 Å². The van der Waals surface area contributed by atoms with Gasteiger partial charge in [0.2, 0.25) is 0 Å². The molecule has 0 aliphatic carbocycles. The van der Waals surface area contributed by atoms with Crippen LogP contribution in [0.4, 0.5) is 0 Å². The van der Waals surface area contributed by atoms with E-state index >= 15 is 0 Å². The Kier molecular flexibility index (Phi) is 1.85. The van der Waals surface area contributed by atoms with Gasteiger partial charge in [-0.2, -0.15) is 5.26 Å². The van der Waals surface area contributed by atoms with E-state index in [1.54, 1.807) is 0 Å². The summed E-state index contributed by atoms with van der Waals surface area (Å²) in [6, 6.07) is 0. The van der Waals surface area contributed by atoms with Gasteiger partial charge in [-0.15, -0.1) is 0 Å². The van der Waals surface area contributed by atoms with Gasteiger partial charge in [0.15, 0.2) is 6.19 Å². The SMILES string of the molecule is N#CN1CC=CCS1=O. The van der Waals surface area contributed by atoms with Gasteiger partial charge >= 0.3 is 0 Å². The van der Waals surface area contributed by atoms with Gasteiger partial charge in [-0.25, -0.2) is 8.51 Å². The number of rotatable bonds is 0. The predicted molar refractivity (Wildman–Crippen MR) is 34.5 cm³/mol. The van der Waals surface area contributed by atoms with Crippen molar-refractivity contribution in [2.45, 2.75) is 0 Å². The molecule has 1 unspecified atom stereocenters. The van der Waals surface area contributed by atoms with E-state index in [0.29, 0.717) is 12.3 Å². The summed E-state index contributed by atoms with van der Waals surface area (Å²) in [5, 5.41) is 8.31. The van der Waals surface area contributed by atoms with Crippen molar-refractivity contribution in [1.29, 1.82) is 5.26 Å². The van der Waals surface area contributed by atoms with Crippen molar-refractivity contribution in [2.75, 3.05) is 12.3 Å². The van der Waals surface area contributed by atoms with Crippen LogP contribution in [-0.4, -0.2) is 20.8 Å². The average Bonchev–Trinajstić information content (AvgIpc) is 1.89. The molecule has 48 valence electrons. The molecule has 0 aromatic rings. The maximum Gasteiger partial charge on any atom is 0.192 e. The maximum absolute atomic E-state index is 10.8. The smallest absolute Gasteiger partial charge is 0.192 e. The van der Waals surface area contributed by atoms with Crippen molar-refractivity contribution in [1.82, 2.24) is 4.31 Å². The third-order valence-corrected chi connectivity index (χ3v) is 2.23. The van der Waals surface area contributed by atoms with Crippen molar-refractivity contribution in [3.63, 3.8) is 0 Å². The summed E-state index contributed by atoms with van der Waals surface area (Å²) in [5.41, 5.74) is 0. The number of hydrogen-bond acceptors (Lipinski definition) is 2. The van der Waals surface area contributed by atoms with Crippen molar-refractivity contribution in [2.24, 2.45) is 0 Å². The van der Waals surface area contributed by atoms with Crippen LogP contribution < -0.4 is 0 Å². The molecule has 0 radical (unpaired) electrons. The van der Waals surface area contributed by atoms with Crippen LogP contribution in [0.2, 0.25) is 0 Å². The molecule has 0 N–H and O–H groups in total. The molecule has 4 heteroatoms. The average molecular weight is 142 g/mol. The summed E-state index contributed by atoms with van der Waals surface area (Å²) >= 11 is 0. The summed E-state index contributed by atoms with van der Waals surface area (Å²) in [7, 11) is -1.09. The highest BCUT2D eigenvalue weighted by atomic mass is 32.2. The Morgan fingerprint density at radius 3 is 2.89 bits per heavy atom. The molecule has 1 heterocycles. The van der Waals surface area contributed by atoms with Crippen molar-refractivity contribution >= 4 is 11.0 Å². The molecule has 0 saturated carbocycles. The fourth-order valence-electron chi connectivity index (χ4n) is 0.580. The quantitative estimate of drug-likeness (QED) is 0.353. The lowest BCUT2D eigenvalue weighted by atomic mass is 10.5. The molecule has 9 heavy (non-hydrogen) atoms. The first-order valence-electron chi connectivity index (χ1n) is 2.55. The maximum atomic E-state index is 10.8. The third kappa shape index (κ3) is 1.30. The lowest BCUT2D eigenvalue weighted by molar-refractivity contribution is 0.611. The normalized spacial score (nSPS) is 25.7. The number of hydrogen-bond donors (Lipinski definition) is 0. The van der Waals surface area contributed by atoms with Gasteiger partial charge in [0.25, 0.3) is 0 Å². The zero-order chi connectivity index (χ0) is 6.69. The molecule has 1 rings (SSSR count). The third-order valence-electron chi connectivity index (χ3n) is 1.03. The van der Waals surface area contributed by atoms with Crippen LogP contribution in [0.1, 0.15) is 0 Å². The zero-order valence-electron chi connectivity index (χ0n) is 4.78. The highest BCUT2D eigenvalue weighted by molar-refractivity contribution is 7.83. The molecule has 3 nitrogen and oxygen atoms in total. The largest absolute Gasteiger partial charge is 0.236 e. The van der Waals surface area contributed by atoms with E-state index < -0.39 is 11.0 Å². The van der Waals surface area contributed by atoms with Gasteiger partial charge in [0.05, 0.1) is 12.3 Å². The van der Waals surface area contributed by atoms with E-state index in [2.05, 4.69) is 0 Å². The number of nitrogens with zero attached hydrogens (tertiary/aromatic N) is 2. The molecule has 0 bridgehead atoms. The Morgan fingerprint density at radius 1 is 1.67 bits per heavy atom. The lowest BCUT2D eigenvalue weighted by Crippen LogP contribution is -2.25. The molecule has 0 aromatic carbocycles. The fraction of sp³-hybridized carbons (Fsp3) is 0.400. The van der Waals surface area contributed by atoms with Crippen LogP contribution in [0.3, 0.4) is 0 Å². The Balaban J connectivity index is 2.67. The molecule has 0 aromatic heterocycles. The van der Waals surface area contributed by atoms with Gasteiger partial charge in [0.1, 0.15) is 11.0 Å². The molecule has 0 spiro atoms. The second kappa shape index (κ2) is 2.65. The minimum absolute atomic E-state index is 0.480. The Hall–Kier alpha value is -0.820. The van der Waals surface area contributed by atoms with Crippen molar-refractivity contribution < 1.29 is 4.21 Å². The predicted octanol–water partition coefficient (Wildman–Crippen LogP) is 0.00298. The van der Waals surface area contributed by atoms with Crippen LogP contribution in [0.5, 0.6) is 0 Å². The molecule has 0 saturated heterocycles. The molecule has 1 aliphatic heterocycles. The highest BCUT2D eigenvalue weighted by Crippen LogP contribution is 1.99. The first-order valence-corrected chi connectivity index (χ1v) is 3.83. The summed E-state index contributed by atoms with van der Waals surface area (Å²) in [6.45, 7) is 0.489. The topological polar surface area (TPSA) is 44.1 Å². The standard InChI is InChI=1S/C5H6N2OS/c6-5-7-3-1-2-4-9(7)8/h1-2H,3-4H2. The summed E-state index contributed by atoms with van der Waals surface area (Å²) < 4.78 is 12.0. The molecule has 1 atom stereocenters. The van der Waals surface area contributed by atoms with Gasteiger partial charge in [-0.05, 0) is 0 Å². The number of nitriles is 1. The van der Waals surface area contributed by atoms with Crippen LogP contribution in [0, 0.1) is 11.5 Å². The van der Waals surface area contributed by atoms with Gasteiger partial charge in [-0.3, -0.25) is 0 Å².